The van der Waals surface area contributed by atoms with Crippen LogP contribution in [0.1, 0.15) is 5.37 Å². The van der Waals surface area contributed by atoms with Crippen LogP contribution in [0.25, 0.3) is 0 Å². The van der Waals surface area contributed by atoms with Crippen LogP contribution in [0.15, 0.2) is 33.8 Å². The Labute approximate surface area is 105 Å². The van der Waals surface area contributed by atoms with Crippen LogP contribution >= 0.6 is 11.8 Å². The average Bonchev–Trinajstić information content (AvgIpc) is 2.65. The molecule has 8 heteroatoms. The summed E-state index contributed by atoms with van der Waals surface area (Å²) in [6.07, 6.45) is 0.304. The third-order valence-electron chi connectivity index (χ3n) is 2.69. The topological polar surface area (TPSA) is 95.3 Å². The lowest BCUT2D eigenvalue weighted by Gasteiger charge is -2.13. The zero-order valence-electron chi connectivity index (χ0n) is 9.12. The molecule has 6 nitrogen and oxygen atoms in total. The van der Waals surface area contributed by atoms with E-state index in [1.807, 2.05) is 0 Å². The number of hydrogen-bond acceptors (Lipinski definition) is 5. The summed E-state index contributed by atoms with van der Waals surface area (Å²) in [4.78, 5) is 24.6. The van der Waals surface area contributed by atoms with Crippen molar-refractivity contribution in [2.45, 2.75) is 16.7 Å². The number of aliphatic hydroxyl groups is 2. The van der Waals surface area contributed by atoms with Gasteiger partial charge in [-0.25, -0.2) is 9.18 Å². The van der Waals surface area contributed by atoms with E-state index in [0.29, 0.717) is 0 Å². The van der Waals surface area contributed by atoms with Gasteiger partial charge in [-0.2, -0.15) is 0 Å². The Morgan fingerprint density at radius 2 is 2.28 bits per heavy atom. The van der Waals surface area contributed by atoms with Gasteiger partial charge >= 0.3 is 5.69 Å². The number of hydrogen-bond donors (Lipinski definition) is 3. The maximum absolute atomic E-state index is 12.8. The third kappa shape index (κ3) is 2.14. The molecule has 2 rings (SSSR count). The summed E-state index contributed by atoms with van der Waals surface area (Å²) in [5, 5.41) is 17.4. The number of H-pyrrole nitrogens is 1. The van der Waals surface area contributed by atoms with Crippen molar-refractivity contribution in [2.75, 3.05) is 6.61 Å². The molecule has 1 unspecified atom stereocenters. The Hall–Kier alpha value is -1.38. The van der Waals surface area contributed by atoms with Crippen molar-refractivity contribution in [3.05, 3.63) is 45.0 Å². The van der Waals surface area contributed by atoms with Gasteiger partial charge in [-0.3, -0.25) is 14.3 Å². The van der Waals surface area contributed by atoms with Gasteiger partial charge in [0.2, 0.25) is 0 Å². The monoisotopic (exact) mass is 274 g/mol. The molecule has 0 spiro atoms. The second-order valence-corrected chi connectivity index (χ2v) is 5.11. The van der Waals surface area contributed by atoms with Crippen molar-refractivity contribution in [3.63, 3.8) is 0 Å². The molecule has 3 N–H and O–H groups in total. The number of rotatable bonds is 2. The molecule has 98 valence electrons. The Morgan fingerprint density at radius 1 is 1.56 bits per heavy atom. The molecule has 1 aromatic heterocycles. The molecule has 0 aromatic carbocycles. The Kier molecular flexibility index (Phi) is 3.69. The first-order chi connectivity index (χ1) is 8.58. The Balaban J connectivity index is 2.45. The summed E-state index contributed by atoms with van der Waals surface area (Å²) in [6.45, 7) is -0.336. The van der Waals surface area contributed by atoms with E-state index in [2.05, 4.69) is 4.98 Å². The molecule has 1 saturated heterocycles. The number of nitrogens with one attached hydrogen (secondary N) is 1. The van der Waals surface area contributed by atoms with Gasteiger partial charge in [0.05, 0.1) is 24.3 Å². The number of halogens is 1. The first-order valence-electron chi connectivity index (χ1n) is 5.14. The first kappa shape index (κ1) is 13.1. The first-order valence-corrected chi connectivity index (χ1v) is 6.08. The average molecular weight is 274 g/mol. The van der Waals surface area contributed by atoms with Gasteiger partial charge in [-0.15, -0.1) is 11.8 Å². The summed E-state index contributed by atoms with van der Waals surface area (Å²) in [7, 11) is 0. The lowest BCUT2D eigenvalue weighted by Crippen LogP contribution is -2.30. The van der Waals surface area contributed by atoms with E-state index in [0.717, 1.165) is 22.4 Å². The molecule has 0 radical (unpaired) electrons. The van der Waals surface area contributed by atoms with Crippen molar-refractivity contribution in [2.24, 2.45) is 0 Å². The van der Waals surface area contributed by atoms with Crippen LogP contribution in [0, 0.1) is 0 Å². The maximum atomic E-state index is 12.8. The highest BCUT2D eigenvalue weighted by Gasteiger charge is 2.39. The highest BCUT2D eigenvalue weighted by atomic mass is 32.2. The van der Waals surface area contributed by atoms with Gasteiger partial charge in [0, 0.05) is 17.8 Å². The van der Waals surface area contributed by atoms with Crippen molar-refractivity contribution in [1.82, 2.24) is 9.55 Å². The number of aromatic amines is 1. The second-order valence-electron chi connectivity index (χ2n) is 3.78. The molecular formula is C10H11FN2O4S. The highest BCUT2D eigenvalue weighted by molar-refractivity contribution is 8.00. The minimum Gasteiger partial charge on any atom is -0.395 e. The van der Waals surface area contributed by atoms with E-state index in [-0.39, 0.29) is 18.5 Å². The van der Waals surface area contributed by atoms with Crippen molar-refractivity contribution >= 4 is 11.8 Å². The minimum absolute atomic E-state index is 0.00630. The predicted octanol–water partition coefficient (Wildman–Crippen LogP) is -0.643. The van der Waals surface area contributed by atoms with E-state index in [9.17, 15) is 19.1 Å². The molecular weight excluding hydrogens is 263 g/mol. The van der Waals surface area contributed by atoms with Crippen LogP contribution < -0.4 is 11.2 Å². The van der Waals surface area contributed by atoms with Gasteiger partial charge in [0.15, 0.2) is 0 Å². The van der Waals surface area contributed by atoms with Crippen LogP contribution in [0.5, 0.6) is 0 Å². The molecule has 0 bridgehead atoms. The van der Waals surface area contributed by atoms with E-state index in [1.54, 1.807) is 0 Å². The largest absolute Gasteiger partial charge is 0.395 e. The molecule has 0 amide bonds. The Morgan fingerprint density at radius 3 is 2.83 bits per heavy atom. The normalized spacial score (nSPS) is 29.9. The Bertz CT molecular complexity index is 582. The molecule has 0 saturated carbocycles. The van der Waals surface area contributed by atoms with E-state index >= 15 is 0 Å². The van der Waals surface area contributed by atoms with Gasteiger partial charge in [-0.1, -0.05) is 0 Å². The van der Waals surface area contributed by atoms with Crippen LogP contribution in [-0.4, -0.2) is 37.7 Å². The number of aromatic nitrogens is 2. The fourth-order valence-electron chi connectivity index (χ4n) is 1.78. The molecule has 1 aliphatic rings. The summed E-state index contributed by atoms with van der Waals surface area (Å²) in [6, 6.07) is 1.14. The van der Waals surface area contributed by atoms with Crippen LogP contribution in [0.4, 0.5) is 4.39 Å². The zero-order valence-corrected chi connectivity index (χ0v) is 9.93. The van der Waals surface area contributed by atoms with Crippen LogP contribution in [-0.2, 0) is 0 Å². The minimum atomic E-state index is -1.16. The smallest absolute Gasteiger partial charge is 0.329 e. The van der Waals surface area contributed by atoms with Crippen LogP contribution in [0.2, 0.25) is 0 Å². The third-order valence-corrected chi connectivity index (χ3v) is 4.21. The van der Waals surface area contributed by atoms with E-state index < -0.39 is 28.0 Å². The van der Waals surface area contributed by atoms with Gasteiger partial charge < -0.3 is 10.2 Å². The molecule has 1 fully saturated rings. The van der Waals surface area contributed by atoms with Gasteiger partial charge in [-0.05, 0) is 0 Å². The summed E-state index contributed by atoms with van der Waals surface area (Å²) >= 11 is 1.06. The molecule has 0 aliphatic carbocycles. The van der Waals surface area contributed by atoms with E-state index in [4.69, 9.17) is 5.11 Å². The number of thioether (sulfide) groups is 1. The fourth-order valence-corrected chi connectivity index (χ4v) is 3.15. The number of aliphatic hydroxyl groups excluding tert-OH is 2. The summed E-state index contributed by atoms with van der Waals surface area (Å²) in [5.74, 6) is 0. The quantitative estimate of drug-likeness (QED) is 0.666. The maximum Gasteiger partial charge on any atom is 0.329 e. The summed E-state index contributed by atoms with van der Waals surface area (Å²) in [5.41, 5.74) is -1.25. The molecule has 18 heavy (non-hydrogen) atoms. The second kappa shape index (κ2) is 5.09. The lowest BCUT2D eigenvalue weighted by atomic mass is 10.1. The van der Waals surface area contributed by atoms with E-state index in [1.165, 1.54) is 6.20 Å². The highest BCUT2D eigenvalue weighted by Crippen LogP contribution is 2.44. The van der Waals surface area contributed by atoms with Gasteiger partial charge in [0.1, 0.15) is 5.37 Å². The summed E-state index contributed by atoms with van der Waals surface area (Å²) < 4.78 is 13.9. The molecule has 1 aliphatic heterocycles. The van der Waals surface area contributed by atoms with Crippen LogP contribution in [0.3, 0.4) is 0 Å². The molecule has 2 heterocycles. The van der Waals surface area contributed by atoms with Gasteiger partial charge in [0.25, 0.3) is 5.56 Å². The SMILES string of the molecule is O=c1ccn([C@@H]2S[C@@H](CO)C(O)/C2=C\F)c(=O)[nH]1. The standard InChI is InChI=1S/C10H11FN2O4S/c11-3-5-8(16)6(4-14)18-9(5)13-2-1-7(15)12-10(13)17/h1-3,6,8-9,14,16H,4H2,(H,12,15,17)/b5-3+/t6-,8?,9+/m0/s1. The van der Waals surface area contributed by atoms with Crippen molar-refractivity contribution in [3.8, 4) is 0 Å². The predicted molar refractivity (Wildman–Crippen MR) is 64.0 cm³/mol. The lowest BCUT2D eigenvalue weighted by molar-refractivity contribution is 0.170. The number of nitrogens with zero attached hydrogens (tertiary/aromatic N) is 1. The van der Waals surface area contributed by atoms with Crippen molar-refractivity contribution < 1.29 is 14.6 Å². The molecule has 3 atom stereocenters. The zero-order chi connectivity index (χ0) is 13.3. The fraction of sp³-hybridized carbons (Fsp3) is 0.400. The van der Waals surface area contributed by atoms with Crippen molar-refractivity contribution in [1.29, 1.82) is 0 Å². The molecule has 1 aromatic rings.